The van der Waals surface area contributed by atoms with Crippen molar-refractivity contribution in [3.63, 3.8) is 0 Å². The third kappa shape index (κ3) is 4.22. The highest BCUT2D eigenvalue weighted by atomic mass is 32.2. The first-order valence-electron chi connectivity index (χ1n) is 9.14. The smallest absolute Gasteiger partial charge is 0.340 e. The molecule has 2 N–H and O–H groups in total. The Bertz CT molecular complexity index is 1150. The van der Waals surface area contributed by atoms with Crippen molar-refractivity contribution in [1.29, 1.82) is 0 Å². The van der Waals surface area contributed by atoms with Crippen molar-refractivity contribution in [2.24, 2.45) is 12.8 Å². The first-order chi connectivity index (χ1) is 14.6. The molecule has 1 amide bonds. The number of esters is 1. The minimum atomic E-state index is -3.85. The Kier molecular flexibility index (Phi) is 5.99. The van der Waals surface area contributed by atoms with E-state index in [2.05, 4.69) is 0 Å². The standard InChI is InChI=1S/C18H21N5O7S/c1-20-11-13(10-16(20)17(19)24)31(28,29)22-7-5-21(6-8-22)15-4-3-12(23(26)27)9-14(15)18(25)30-2/h3-4,9-11H,5-8H2,1-2H3,(H2,19,24). The molecule has 0 bridgehead atoms. The second kappa shape index (κ2) is 8.35. The van der Waals surface area contributed by atoms with E-state index in [1.807, 2.05) is 0 Å². The van der Waals surface area contributed by atoms with E-state index in [0.29, 0.717) is 5.69 Å². The van der Waals surface area contributed by atoms with Gasteiger partial charge >= 0.3 is 5.97 Å². The number of ether oxygens (including phenoxy) is 1. The van der Waals surface area contributed by atoms with Crippen LogP contribution in [0.1, 0.15) is 20.8 Å². The molecular formula is C18H21N5O7S. The number of nitro groups is 1. The zero-order chi connectivity index (χ0) is 22.9. The summed E-state index contributed by atoms with van der Waals surface area (Å²) in [6.45, 7) is 0.717. The molecule has 13 heteroatoms. The van der Waals surface area contributed by atoms with Gasteiger partial charge < -0.3 is 19.9 Å². The van der Waals surface area contributed by atoms with Gasteiger partial charge in [-0.15, -0.1) is 0 Å². The number of primary amides is 1. The van der Waals surface area contributed by atoms with Gasteiger partial charge in [0.2, 0.25) is 10.0 Å². The highest BCUT2D eigenvalue weighted by Gasteiger charge is 2.32. The third-order valence-electron chi connectivity index (χ3n) is 5.05. The van der Waals surface area contributed by atoms with Crippen LogP contribution in [0.25, 0.3) is 0 Å². The number of aryl methyl sites for hydroxylation is 1. The number of nitrogens with zero attached hydrogens (tertiary/aromatic N) is 4. The number of nitrogens with two attached hydrogens (primary N) is 1. The monoisotopic (exact) mass is 451 g/mol. The van der Waals surface area contributed by atoms with Crippen LogP contribution in [0, 0.1) is 10.1 Å². The molecule has 1 aliphatic heterocycles. The van der Waals surface area contributed by atoms with Crippen LogP contribution in [-0.4, -0.2) is 67.4 Å². The Morgan fingerprint density at radius 3 is 2.32 bits per heavy atom. The number of aromatic nitrogens is 1. The van der Waals surface area contributed by atoms with Crippen LogP contribution in [0.3, 0.4) is 0 Å². The minimum absolute atomic E-state index is 0.0298. The molecule has 12 nitrogen and oxygen atoms in total. The van der Waals surface area contributed by atoms with E-state index in [9.17, 15) is 28.1 Å². The number of methoxy groups -OCH3 is 1. The Hall–Kier alpha value is -3.45. The van der Waals surface area contributed by atoms with Crippen LogP contribution in [0.2, 0.25) is 0 Å². The number of hydrogen-bond acceptors (Lipinski definition) is 8. The molecule has 1 aromatic carbocycles. The van der Waals surface area contributed by atoms with Crippen molar-refractivity contribution < 1.29 is 27.7 Å². The van der Waals surface area contributed by atoms with E-state index in [-0.39, 0.29) is 48.0 Å². The van der Waals surface area contributed by atoms with Gasteiger partial charge in [0.25, 0.3) is 11.6 Å². The van der Waals surface area contributed by atoms with E-state index in [1.54, 1.807) is 4.90 Å². The Morgan fingerprint density at radius 2 is 1.81 bits per heavy atom. The molecule has 166 valence electrons. The summed E-state index contributed by atoms with van der Waals surface area (Å²) in [5.74, 6) is -1.46. The molecule has 31 heavy (non-hydrogen) atoms. The normalized spacial score (nSPS) is 15.0. The predicted molar refractivity (Wildman–Crippen MR) is 109 cm³/mol. The van der Waals surface area contributed by atoms with Gasteiger partial charge in [0.05, 0.1) is 23.3 Å². The summed E-state index contributed by atoms with van der Waals surface area (Å²) in [6.07, 6.45) is 1.33. The topological polar surface area (TPSA) is 158 Å². The highest BCUT2D eigenvalue weighted by Crippen LogP contribution is 2.28. The Labute approximate surface area is 178 Å². The van der Waals surface area contributed by atoms with Crippen LogP contribution < -0.4 is 10.6 Å². The van der Waals surface area contributed by atoms with Crippen molar-refractivity contribution in [3.8, 4) is 0 Å². The second-order valence-electron chi connectivity index (χ2n) is 6.88. The summed E-state index contributed by atoms with van der Waals surface area (Å²) in [5, 5.41) is 11.0. The molecule has 0 unspecified atom stereocenters. The number of carbonyl (C=O) groups excluding carboxylic acids is 2. The van der Waals surface area contributed by atoms with Crippen LogP contribution in [-0.2, 0) is 21.8 Å². The van der Waals surface area contributed by atoms with Crippen molar-refractivity contribution >= 4 is 33.3 Å². The molecule has 1 saturated heterocycles. The number of amides is 1. The maximum Gasteiger partial charge on any atom is 0.340 e. The van der Waals surface area contributed by atoms with Gasteiger partial charge in [-0.05, 0) is 12.1 Å². The Balaban J connectivity index is 1.82. The van der Waals surface area contributed by atoms with Crippen molar-refractivity contribution in [3.05, 3.63) is 51.8 Å². The average molecular weight is 451 g/mol. The molecule has 0 aliphatic carbocycles. The third-order valence-corrected chi connectivity index (χ3v) is 6.91. The fraction of sp³-hybridized carbons (Fsp3) is 0.333. The van der Waals surface area contributed by atoms with Crippen LogP contribution >= 0.6 is 0 Å². The molecule has 2 aromatic rings. The van der Waals surface area contributed by atoms with Crippen molar-refractivity contribution in [2.75, 3.05) is 38.2 Å². The Morgan fingerprint density at radius 1 is 1.16 bits per heavy atom. The molecule has 3 rings (SSSR count). The first kappa shape index (κ1) is 22.2. The largest absolute Gasteiger partial charge is 0.465 e. The SMILES string of the molecule is COC(=O)c1cc([N+](=O)[O-])ccc1N1CCN(S(=O)(=O)c2cc(C(N)=O)n(C)c2)CC1. The molecule has 0 atom stereocenters. The number of rotatable bonds is 6. The van der Waals surface area contributed by atoms with E-state index >= 15 is 0 Å². The number of anilines is 1. The molecule has 0 radical (unpaired) electrons. The van der Waals surface area contributed by atoms with E-state index in [4.69, 9.17) is 10.5 Å². The van der Waals surface area contributed by atoms with Crippen molar-refractivity contribution in [1.82, 2.24) is 8.87 Å². The summed E-state index contributed by atoms with van der Waals surface area (Å²) in [6, 6.07) is 5.10. The van der Waals surface area contributed by atoms with Crippen LogP contribution in [0.4, 0.5) is 11.4 Å². The number of nitro benzene ring substituents is 1. The lowest BCUT2D eigenvalue weighted by Crippen LogP contribution is -2.49. The van der Waals surface area contributed by atoms with Crippen molar-refractivity contribution in [2.45, 2.75) is 4.90 Å². The average Bonchev–Trinajstić information content (AvgIpc) is 3.15. The maximum absolute atomic E-state index is 13.0. The quantitative estimate of drug-likeness (QED) is 0.374. The number of non-ortho nitro benzene ring substituents is 1. The fourth-order valence-corrected chi connectivity index (χ4v) is 4.92. The summed E-state index contributed by atoms with van der Waals surface area (Å²) in [5.41, 5.74) is 5.53. The number of benzene rings is 1. The lowest BCUT2D eigenvalue weighted by Gasteiger charge is -2.35. The summed E-state index contributed by atoms with van der Waals surface area (Å²) >= 11 is 0. The molecule has 2 heterocycles. The van der Waals surface area contributed by atoms with Crippen LogP contribution in [0.5, 0.6) is 0 Å². The molecule has 1 aromatic heterocycles. The molecule has 1 fully saturated rings. The van der Waals surface area contributed by atoms with E-state index in [1.165, 1.54) is 47.4 Å². The molecule has 0 spiro atoms. The zero-order valence-electron chi connectivity index (χ0n) is 16.8. The van der Waals surface area contributed by atoms with Gasteiger partial charge in [0.15, 0.2) is 0 Å². The number of piperazine rings is 1. The van der Waals surface area contributed by atoms with Crippen LogP contribution in [0.15, 0.2) is 35.4 Å². The first-order valence-corrected chi connectivity index (χ1v) is 10.6. The van der Waals surface area contributed by atoms with Gasteiger partial charge in [-0.1, -0.05) is 0 Å². The summed E-state index contributed by atoms with van der Waals surface area (Å²) in [4.78, 5) is 35.7. The number of carbonyl (C=O) groups is 2. The fourth-order valence-electron chi connectivity index (χ4n) is 3.43. The summed E-state index contributed by atoms with van der Waals surface area (Å²) < 4.78 is 33.3. The zero-order valence-corrected chi connectivity index (χ0v) is 17.7. The van der Waals surface area contributed by atoms with Gasteiger partial charge in [-0.25, -0.2) is 13.2 Å². The highest BCUT2D eigenvalue weighted by molar-refractivity contribution is 7.89. The summed E-state index contributed by atoms with van der Waals surface area (Å²) in [7, 11) is -1.15. The van der Waals surface area contributed by atoms with Gasteiger partial charge in [-0.2, -0.15) is 4.31 Å². The second-order valence-corrected chi connectivity index (χ2v) is 8.82. The molecule has 0 saturated carbocycles. The minimum Gasteiger partial charge on any atom is -0.465 e. The molecular weight excluding hydrogens is 430 g/mol. The maximum atomic E-state index is 13.0. The molecule has 1 aliphatic rings. The van der Waals surface area contributed by atoms with Gasteiger partial charge in [0.1, 0.15) is 10.6 Å². The van der Waals surface area contributed by atoms with Gasteiger partial charge in [-0.3, -0.25) is 14.9 Å². The number of hydrogen-bond donors (Lipinski definition) is 1. The lowest BCUT2D eigenvalue weighted by atomic mass is 10.1. The van der Waals surface area contributed by atoms with E-state index < -0.39 is 26.8 Å². The van der Waals surface area contributed by atoms with E-state index in [0.717, 1.165) is 6.07 Å². The van der Waals surface area contributed by atoms with Gasteiger partial charge in [0, 0.05) is 51.6 Å². The number of sulfonamides is 1. The predicted octanol–water partition coefficient (Wildman–Crippen LogP) is 0.330. The lowest BCUT2D eigenvalue weighted by molar-refractivity contribution is -0.384.